The summed E-state index contributed by atoms with van der Waals surface area (Å²) in [6, 6.07) is 6.49. The van der Waals surface area contributed by atoms with Gasteiger partial charge >= 0.3 is 5.63 Å². The second-order valence-corrected chi connectivity index (χ2v) is 8.71. The van der Waals surface area contributed by atoms with Crippen LogP contribution in [0.1, 0.15) is 50.4 Å². The van der Waals surface area contributed by atoms with Crippen LogP contribution in [0.4, 0.5) is 0 Å². The lowest BCUT2D eigenvalue weighted by molar-refractivity contribution is -0.129. The van der Waals surface area contributed by atoms with Crippen LogP contribution in [0.15, 0.2) is 45.6 Å². The molecule has 2 amide bonds. The standard InChI is InChI=1S/C23H26N2O5/c1-5-29-16-7-6-14-10-17(20(27)30-18(14)11-16)19(26)24-25-21(28)23-9-8-15(12-23)22(3,4)13(23)2/h6-7,10-11,15H,2,5,8-9,12H2,1,3-4H3,(H,24,26)(H,25,28). The van der Waals surface area contributed by atoms with Crippen molar-refractivity contribution in [2.75, 3.05) is 6.61 Å². The Balaban J connectivity index is 1.50. The Morgan fingerprint density at radius 2 is 2.03 bits per heavy atom. The second kappa shape index (κ2) is 7.00. The largest absolute Gasteiger partial charge is 0.494 e. The van der Waals surface area contributed by atoms with Crippen molar-refractivity contribution < 1.29 is 18.7 Å². The summed E-state index contributed by atoms with van der Waals surface area (Å²) >= 11 is 0. The van der Waals surface area contributed by atoms with Gasteiger partial charge in [0.2, 0.25) is 5.91 Å². The Hall–Kier alpha value is -3.09. The normalized spacial score (nSPS) is 24.1. The van der Waals surface area contributed by atoms with Crippen LogP contribution in [-0.2, 0) is 4.79 Å². The van der Waals surface area contributed by atoms with Gasteiger partial charge in [-0.3, -0.25) is 20.4 Å². The molecule has 2 aliphatic rings. The number of fused-ring (bicyclic) bond motifs is 3. The molecule has 2 aromatic rings. The molecule has 2 N–H and O–H groups in total. The SMILES string of the molecule is C=C1C2(C(=O)NNC(=O)c3cc4ccc(OCC)cc4oc3=O)CCC(C2)C1(C)C. The minimum absolute atomic E-state index is 0.0979. The first kappa shape index (κ1) is 20.2. The Bertz CT molecular complexity index is 1120. The fraction of sp³-hybridized carbons (Fsp3) is 0.435. The highest BCUT2D eigenvalue weighted by Gasteiger charge is 2.61. The summed E-state index contributed by atoms with van der Waals surface area (Å²) in [5.74, 6) is -0.00539. The molecule has 1 aromatic carbocycles. The van der Waals surface area contributed by atoms with E-state index in [0.29, 0.717) is 29.2 Å². The summed E-state index contributed by atoms with van der Waals surface area (Å²) in [4.78, 5) is 37.8. The number of carbonyl (C=O) groups is 2. The van der Waals surface area contributed by atoms with Crippen molar-refractivity contribution in [3.05, 3.63) is 52.4 Å². The average molecular weight is 410 g/mol. The highest BCUT2D eigenvalue weighted by molar-refractivity contribution is 5.98. The highest BCUT2D eigenvalue weighted by Crippen LogP contribution is 2.65. The van der Waals surface area contributed by atoms with Crippen molar-refractivity contribution in [1.82, 2.24) is 10.9 Å². The zero-order chi connectivity index (χ0) is 21.7. The first-order chi connectivity index (χ1) is 14.2. The molecule has 0 spiro atoms. The van der Waals surface area contributed by atoms with Crippen LogP contribution in [0, 0.1) is 16.7 Å². The molecule has 2 atom stereocenters. The van der Waals surface area contributed by atoms with Crippen LogP contribution in [0.3, 0.4) is 0 Å². The summed E-state index contributed by atoms with van der Waals surface area (Å²) in [6.45, 7) is 10.8. The van der Waals surface area contributed by atoms with E-state index in [0.717, 1.165) is 24.8 Å². The van der Waals surface area contributed by atoms with Gasteiger partial charge in [0.25, 0.3) is 5.91 Å². The molecular weight excluding hydrogens is 384 g/mol. The molecule has 30 heavy (non-hydrogen) atoms. The Kier molecular flexibility index (Phi) is 4.71. The molecule has 4 rings (SSSR count). The lowest BCUT2D eigenvalue weighted by atomic mass is 9.68. The van der Waals surface area contributed by atoms with Crippen molar-refractivity contribution in [3.8, 4) is 5.75 Å². The third kappa shape index (κ3) is 3.00. The quantitative estimate of drug-likeness (QED) is 0.458. The number of hydrogen-bond acceptors (Lipinski definition) is 5. The van der Waals surface area contributed by atoms with E-state index < -0.39 is 16.9 Å². The smallest absolute Gasteiger partial charge is 0.349 e. The maximum atomic E-state index is 13.0. The molecule has 2 bridgehead atoms. The van der Waals surface area contributed by atoms with Crippen LogP contribution in [0.25, 0.3) is 11.0 Å². The van der Waals surface area contributed by atoms with Gasteiger partial charge in [-0.2, -0.15) is 0 Å². The summed E-state index contributed by atoms with van der Waals surface area (Å²) in [5.41, 5.74) is 4.40. The second-order valence-electron chi connectivity index (χ2n) is 8.71. The average Bonchev–Trinajstić information content (AvgIpc) is 3.24. The Morgan fingerprint density at radius 1 is 1.27 bits per heavy atom. The number of hydrogen-bond donors (Lipinski definition) is 2. The van der Waals surface area contributed by atoms with Gasteiger partial charge in [0, 0.05) is 11.5 Å². The molecule has 1 heterocycles. The maximum absolute atomic E-state index is 13.0. The minimum Gasteiger partial charge on any atom is -0.494 e. The molecule has 7 heteroatoms. The number of benzene rings is 1. The van der Waals surface area contributed by atoms with Crippen molar-refractivity contribution >= 4 is 22.8 Å². The van der Waals surface area contributed by atoms with Gasteiger partial charge in [-0.1, -0.05) is 26.0 Å². The van der Waals surface area contributed by atoms with E-state index in [1.165, 1.54) is 6.07 Å². The van der Waals surface area contributed by atoms with E-state index in [9.17, 15) is 14.4 Å². The molecule has 0 saturated heterocycles. The van der Waals surface area contributed by atoms with Crippen molar-refractivity contribution in [1.29, 1.82) is 0 Å². The number of carbonyl (C=O) groups excluding carboxylic acids is 2. The van der Waals surface area contributed by atoms with Crippen molar-refractivity contribution in [2.24, 2.45) is 16.7 Å². The first-order valence-corrected chi connectivity index (χ1v) is 10.2. The van der Waals surface area contributed by atoms with E-state index in [4.69, 9.17) is 9.15 Å². The third-order valence-electron chi connectivity index (χ3n) is 6.88. The van der Waals surface area contributed by atoms with E-state index in [2.05, 4.69) is 31.3 Å². The number of hydrazine groups is 1. The molecule has 2 fully saturated rings. The molecular formula is C23H26N2O5. The van der Waals surface area contributed by atoms with Gasteiger partial charge in [-0.15, -0.1) is 0 Å². The molecule has 2 unspecified atom stereocenters. The topological polar surface area (TPSA) is 97.6 Å². The molecule has 158 valence electrons. The Morgan fingerprint density at radius 3 is 2.70 bits per heavy atom. The summed E-state index contributed by atoms with van der Waals surface area (Å²) in [6.07, 6.45) is 2.42. The number of rotatable bonds is 4. The van der Waals surface area contributed by atoms with Gasteiger partial charge < -0.3 is 9.15 Å². The number of nitrogens with one attached hydrogen (secondary N) is 2. The predicted molar refractivity (Wildman–Crippen MR) is 112 cm³/mol. The lowest BCUT2D eigenvalue weighted by Gasteiger charge is -2.37. The summed E-state index contributed by atoms with van der Waals surface area (Å²) in [7, 11) is 0. The van der Waals surface area contributed by atoms with Crippen molar-refractivity contribution in [2.45, 2.75) is 40.0 Å². The molecule has 1 aromatic heterocycles. The minimum atomic E-state index is -0.784. The van der Waals surface area contributed by atoms with Crippen LogP contribution >= 0.6 is 0 Å². The molecule has 2 aliphatic carbocycles. The van der Waals surface area contributed by atoms with Gasteiger partial charge in [0.1, 0.15) is 16.9 Å². The van der Waals surface area contributed by atoms with E-state index in [-0.39, 0.29) is 16.9 Å². The van der Waals surface area contributed by atoms with Crippen LogP contribution < -0.4 is 21.2 Å². The van der Waals surface area contributed by atoms with Crippen LogP contribution in [0.5, 0.6) is 5.75 Å². The summed E-state index contributed by atoms with van der Waals surface area (Å²) < 4.78 is 10.7. The molecule has 0 aliphatic heterocycles. The lowest BCUT2D eigenvalue weighted by Crippen LogP contribution is -2.50. The van der Waals surface area contributed by atoms with Gasteiger partial charge in [-0.05, 0) is 55.7 Å². The molecule has 2 saturated carbocycles. The molecule has 0 radical (unpaired) electrons. The van der Waals surface area contributed by atoms with E-state index in [1.54, 1.807) is 18.2 Å². The van der Waals surface area contributed by atoms with Gasteiger partial charge in [-0.25, -0.2) is 4.79 Å². The maximum Gasteiger partial charge on any atom is 0.349 e. The fourth-order valence-electron chi connectivity index (χ4n) is 4.95. The zero-order valence-corrected chi connectivity index (χ0v) is 17.5. The van der Waals surface area contributed by atoms with Crippen LogP contribution in [-0.4, -0.2) is 18.4 Å². The van der Waals surface area contributed by atoms with E-state index in [1.807, 2.05) is 6.92 Å². The zero-order valence-electron chi connectivity index (χ0n) is 17.5. The fourth-order valence-corrected chi connectivity index (χ4v) is 4.95. The first-order valence-electron chi connectivity index (χ1n) is 10.2. The monoisotopic (exact) mass is 410 g/mol. The summed E-state index contributed by atoms with van der Waals surface area (Å²) in [5, 5.41) is 0.581. The van der Waals surface area contributed by atoms with Gasteiger partial charge in [0.15, 0.2) is 0 Å². The Labute approximate surface area is 174 Å². The third-order valence-corrected chi connectivity index (χ3v) is 6.88. The van der Waals surface area contributed by atoms with Gasteiger partial charge in [0.05, 0.1) is 12.0 Å². The predicted octanol–water partition coefficient (Wildman–Crippen LogP) is 3.34. The molecule has 7 nitrogen and oxygen atoms in total. The van der Waals surface area contributed by atoms with Crippen LogP contribution in [0.2, 0.25) is 0 Å². The van der Waals surface area contributed by atoms with E-state index >= 15 is 0 Å². The number of amides is 2. The highest BCUT2D eigenvalue weighted by atomic mass is 16.5. The number of ether oxygens (including phenoxy) is 1. The van der Waals surface area contributed by atoms with Crippen molar-refractivity contribution in [3.63, 3.8) is 0 Å².